The molecule has 1 aromatic carbocycles. The second-order valence-electron chi connectivity index (χ2n) is 5.10. The highest BCUT2D eigenvalue weighted by Crippen LogP contribution is 2.27. The third-order valence-corrected chi connectivity index (χ3v) is 2.16. The lowest BCUT2D eigenvalue weighted by molar-refractivity contribution is 0.0520. The van der Waals surface area contributed by atoms with Crippen LogP contribution >= 0.6 is 0 Å². The first-order valence-electron chi connectivity index (χ1n) is 5.81. The highest BCUT2D eigenvalue weighted by Gasteiger charge is 2.19. The Balaban J connectivity index is 2.69. The molecule has 6 nitrogen and oxygen atoms in total. The lowest BCUT2D eigenvalue weighted by Crippen LogP contribution is -2.35. The first-order valence-corrected chi connectivity index (χ1v) is 5.81. The van der Waals surface area contributed by atoms with Crippen LogP contribution in [0.5, 0.6) is 11.5 Å². The summed E-state index contributed by atoms with van der Waals surface area (Å²) in [7, 11) is 0. The summed E-state index contributed by atoms with van der Waals surface area (Å²) in [6.07, 6.45) is -0.811. The number of hydrogen-bond donors (Lipinski definition) is 3. The summed E-state index contributed by atoms with van der Waals surface area (Å²) in [5, 5.41) is 20.5. The maximum Gasteiger partial charge on any atom is 0.408 e. The zero-order chi connectivity index (χ0) is 15.5. The number of ketones is 1. The molecule has 0 atom stereocenters. The highest BCUT2D eigenvalue weighted by atomic mass is 19.1. The van der Waals surface area contributed by atoms with Gasteiger partial charge in [0, 0.05) is 6.07 Å². The molecule has 1 rings (SSSR count). The van der Waals surface area contributed by atoms with Crippen molar-refractivity contribution in [2.24, 2.45) is 0 Å². The normalized spacial score (nSPS) is 11.0. The van der Waals surface area contributed by atoms with E-state index in [1.54, 1.807) is 20.8 Å². The summed E-state index contributed by atoms with van der Waals surface area (Å²) in [5.41, 5.74) is -1.15. The number of carbonyl (C=O) groups excluding carboxylic acids is 2. The predicted molar refractivity (Wildman–Crippen MR) is 68.3 cm³/mol. The van der Waals surface area contributed by atoms with Gasteiger partial charge in [-0.2, -0.15) is 0 Å². The second-order valence-corrected chi connectivity index (χ2v) is 5.10. The van der Waals surface area contributed by atoms with Gasteiger partial charge in [0.15, 0.2) is 17.3 Å². The van der Waals surface area contributed by atoms with Gasteiger partial charge in [-0.3, -0.25) is 4.79 Å². The number of Topliss-reactive ketones (excluding diaryl/α,β-unsaturated/α-hetero) is 1. The van der Waals surface area contributed by atoms with Crippen LogP contribution < -0.4 is 5.32 Å². The largest absolute Gasteiger partial charge is 0.504 e. The lowest BCUT2D eigenvalue weighted by Gasteiger charge is -2.19. The van der Waals surface area contributed by atoms with Crippen LogP contribution in [-0.2, 0) is 4.74 Å². The van der Waals surface area contributed by atoms with Crippen molar-refractivity contribution in [1.82, 2.24) is 5.32 Å². The van der Waals surface area contributed by atoms with Gasteiger partial charge in [-0.15, -0.1) is 0 Å². The minimum absolute atomic E-state index is 0.434. The summed E-state index contributed by atoms with van der Waals surface area (Å²) in [6.45, 7) is 4.49. The van der Waals surface area contributed by atoms with Gasteiger partial charge in [-0.05, 0) is 26.8 Å². The molecule has 1 amide bonds. The molecule has 110 valence electrons. The molecule has 0 saturated carbocycles. The molecule has 0 fully saturated rings. The minimum Gasteiger partial charge on any atom is -0.504 e. The van der Waals surface area contributed by atoms with E-state index in [1.807, 2.05) is 0 Å². The lowest BCUT2D eigenvalue weighted by atomic mass is 10.1. The fourth-order valence-electron chi connectivity index (χ4n) is 1.33. The molecular formula is C13H16FNO5. The van der Waals surface area contributed by atoms with E-state index in [4.69, 9.17) is 9.84 Å². The molecule has 0 unspecified atom stereocenters. The van der Waals surface area contributed by atoms with Gasteiger partial charge in [0.1, 0.15) is 11.4 Å². The molecule has 0 bridgehead atoms. The molecule has 0 aliphatic carbocycles. The molecule has 1 aromatic rings. The number of phenols is 2. The Kier molecular flexibility index (Phi) is 4.54. The number of ether oxygens (including phenoxy) is 1. The van der Waals surface area contributed by atoms with Gasteiger partial charge in [0.25, 0.3) is 0 Å². The third kappa shape index (κ3) is 4.42. The molecule has 0 heterocycles. The van der Waals surface area contributed by atoms with Crippen LogP contribution in [0.3, 0.4) is 0 Å². The fraction of sp³-hybridized carbons (Fsp3) is 0.385. The van der Waals surface area contributed by atoms with Crippen molar-refractivity contribution in [2.75, 3.05) is 6.54 Å². The Morgan fingerprint density at radius 1 is 1.25 bits per heavy atom. The zero-order valence-electron chi connectivity index (χ0n) is 11.4. The number of phenolic OH excluding ortho intramolecular Hbond substituents is 2. The summed E-state index contributed by atoms with van der Waals surface area (Å²) in [5.74, 6) is -3.04. The average Bonchev–Trinajstić information content (AvgIpc) is 2.28. The topological polar surface area (TPSA) is 95.9 Å². The van der Waals surface area contributed by atoms with Crippen molar-refractivity contribution in [2.45, 2.75) is 26.4 Å². The van der Waals surface area contributed by atoms with Gasteiger partial charge in [-0.25, -0.2) is 9.18 Å². The van der Waals surface area contributed by atoms with Crippen molar-refractivity contribution in [3.63, 3.8) is 0 Å². The smallest absolute Gasteiger partial charge is 0.408 e. The number of aromatic hydroxyl groups is 2. The molecule has 20 heavy (non-hydrogen) atoms. The van der Waals surface area contributed by atoms with Crippen molar-refractivity contribution < 1.29 is 28.9 Å². The molecule has 0 aliphatic rings. The van der Waals surface area contributed by atoms with Crippen molar-refractivity contribution in [3.05, 3.63) is 23.5 Å². The number of halogens is 1. The zero-order valence-corrected chi connectivity index (χ0v) is 11.4. The van der Waals surface area contributed by atoms with Crippen LogP contribution in [0.2, 0.25) is 0 Å². The third-order valence-electron chi connectivity index (χ3n) is 2.16. The number of rotatable bonds is 3. The van der Waals surface area contributed by atoms with E-state index in [-0.39, 0.29) is 0 Å². The number of alkyl carbamates (subject to hydrolysis) is 1. The predicted octanol–water partition coefficient (Wildman–Crippen LogP) is 1.94. The van der Waals surface area contributed by atoms with E-state index in [0.717, 1.165) is 6.07 Å². The summed E-state index contributed by atoms with van der Waals surface area (Å²) in [4.78, 5) is 23.0. The number of carbonyl (C=O) groups is 2. The van der Waals surface area contributed by atoms with Crippen molar-refractivity contribution in [3.8, 4) is 11.5 Å². The Labute approximate surface area is 115 Å². The maximum atomic E-state index is 13.4. The van der Waals surface area contributed by atoms with Gasteiger partial charge < -0.3 is 20.3 Å². The summed E-state index contributed by atoms with van der Waals surface area (Å²) < 4.78 is 18.4. The van der Waals surface area contributed by atoms with Crippen molar-refractivity contribution >= 4 is 11.9 Å². The SMILES string of the molecule is CC(C)(C)OC(=O)NCC(=O)c1cc(O)c(O)cc1F. The standard InChI is InChI=1S/C13H16FNO5/c1-13(2,3)20-12(19)15-6-11(18)7-4-9(16)10(17)5-8(7)14/h4-5,16-17H,6H2,1-3H3,(H,15,19). The fourth-order valence-corrected chi connectivity index (χ4v) is 1.33. The van der Waals surface area contributed by atoms with E-state index in [2.05, 4.69) is 5.32 Å². The Hall–Kier alpha value is -2.31. The van der Waals surface area contributed by atoms with Crippen LogP contribution in [-0.4, -0.2) is 34.2 Å². The molecule has 0 spiro atoms. The minimum atomic E-state index is -0.990. The van der Waals surface area contributed by atoms with Crippen molar-refractivity contribution in [1.29, 1.82) is 0 Å². The monoisotopic (exact) mass is 285 g/mol. The van der Waals surface area contributed by atoms with Crippen LogP contribution in [0.15, 0.2) is 12.1 Å². The van der Waals surface area contributed by atoms with Crippen LogP contribution in [0, 0.1) is 5.82 Å². The Morgan fingerprint density at radius 2 is 1.80 bits per heavy atom. The van der Waals surface area contributed by atoms with Gasteiger partial charge >= 0.3 is 6.09 Å². The molecule has 0 saturated heterocycles. The Bertz CT molecular complexity index is 536. The van der Waals surface area contributed by atoms with E-state index < -0.39 is 46.9 Å². The van der Waals surface area contributed by atoms with Crippen LogP contribution in [0.1, 0.15) is 31.1 Å². The first-order chi connectivity index (χ1) is 9.10. The van der Waals surface area contributed by atoms with Gasteiger partial charge in [0.2, 0.25) is 0 Å². The summed E-state index contributed by atoms with van der Waals surface area (Å²) >= 11 is 0. The second kappa shape index (κ2) is 5.77. The quantitative estimate of drug-likeness (QED) is 0.582. The average molecular weight is 285 g/mol. The number of benzene rings is 1. The van der Waals surface area contributed by atoms with E-state index >= 15 is 0 Å². The molecule has 0 radical (unpaired) electrons. The molecule has 7 heteroatoms. The van der Waals surface area contributed by atoms with E-state index in [0.29, 0.717) is 6.07 Å². The Morgan fingerprint density at radius 3 is 2.35 bits per heavy atom. The maximum absolute atomic E-state index is 13.4. The van der Waals surface area contributed by atoms with Gasteiger partial charge in [0.05, 0.1) is 12.1 Å². The highest BCUT2D eigenvalue weighted by molar-refractivity contribution is 5.99. The van der Waals surface area contributed by atoms with Crippen LogP contribution in [0.25, 0.3) is 0 Å². The van der Waals surface area contributed by atoms with Crippen LogP contribution in [0.4, 0.5) is 9.18 Å². The van der Waals surface area contributed by atoms with E-state index in [1.165, 1.54) is 0 Å². The summed E-state index contributed by atoms with van der Waals surface area (Å²) in [6, 6.07) is 1.42. The number of hydrogen-bond acceptors (Lipinski definition) is 5. The number of amides is 1. The molecule has 3 N–H and O–H groups in total. The van der Waals surface area contributed by atoms with Gasteiger partial charge in [-0.1, -0.05) is 0 Å². The molecule has 0 aromatic heterocycles. The van der Waals surface area contributed by atoms with E-state index in [9.17, 15) is 19.1 Å². The number of nitrogens with one attached hydrogen (secondary N) is 1. The molecule has 0 aliphatic heterocycles. The molecular weight excluding hydrogens is 269 g/mol. The first kappa shape index (κ1) is 15.7.